The van der Waals surface area contributed by atoms with E-state index in [0.717, 1.165) is 23.5 Å². The SMILES string of the molecule is C/C=C1/C(Cl)=CC=CN1/N=C/[C@H]1c2nc[nH]c2CCN1c1nnc(-c2ccncn2)o1. The van der Waals surface area contributed by atoms with Gasteiger partial charge in [-0.3, -0.25) is 0 Å². The van der Waals surface area contributed by atoms with E-state index >= 15 is 0 Å². The van der Waals surface area contributed by atoms with Crippen molar-refractivity contribution in [2.45, 2.75) is 19.4 Å². The Kier molecular flexibility index (Phi) is 5.04. The zero-order chi connectivity index (χ0) is 21.2. The summed E-state index contributed by atoms with van der Waals surface area (Å²) < 4.78 is 5.93. The number of hydrogen-bond acceptors (Lipinski definition) is 9. The number of rotatable bonds is 4. The van der Waals surface area contributed by atoms with Crippen LogP contribution in [0.1, 0.15) is 24.4 Å². The van der Waals surface area contributed by atoms with Gasteiger partial charge in [-0.2, -0.15) is 5.10 Å². The summed E-state index contributed by atoms with van der Waals surface area (Å²) in [5, 5.41) is 15.4. The maximum atomic E-state index is 6.30. The van der Waals surface area contributed by atoms with Gasteiger partial charge in [-0.05, 0) is 25.1 Å². The fourth-order valence-electron chi connectivity index (χ4n) is 3.51. The summed E-state index contributed by atoms with van der Waals surface area (Å²) in [6.07, 6.45) is 14.7. The number of nitrogens with one attached hydrogen (secondary N) is 1. The van der Waals surface area contributed by atoms with Crippen LogP contribution in [0.25, 0.3) is 11.6 Å². The molecule has 1 N–H and O–H groups in total. The molecule has 0 unspecified atom stereocenters. The molecule has 156 valence electrons. The molecule has 5 rings (SSSR count). The highest BCUT2D eigenvalue weighted by molar-refractivity contribution is 6.32. The van der Waals surface area contributed by atoms with Crippen molar-refractivity contribution in [3.05, 3.63) is 71.5 Å². The number of aromatic nitrogens is 6. The van der Waals surface area contributed by atoms with Gasteiger partial charge in [-0.25, -0.2) is 20.0 Å². The Bertz CT molecular complexity index is 1190. The van der Waals surface area contributed by atoms with Crippen LogP contribution in [0.4, 0.5) is 6.01 Å². The highest BCUT2D eigenvalue weighted by Gasteiger charge is 2.32. The number of hydrazone groups is 1. The number of aromatic amines is 1. The summed E-state index contributed by atoms with van der Waals surface area (Å²) in [6, 6.07) is 1.79. The molecule has 0 spiro atoms. The highest BCUT2D eigenvalue weighted by atomic mass is 35.5. The molecule has 0 aliphatic carbocycles. The molecular formula is C20H18ClN9O. The maximum absolute atomic E-state index is 6.30. The Balaban J connectivity index is 1.47. The number of H-pyrrole nitrogens is 1. The number of hydrogen-bond donors (Lipinski definition) is 1. The fraction of sp³-hybridized carbons (Fsp3) is 0.200. The summed E-state index contributed by atoms with van der Waals surface area (Å²) in [7, 11) is 0. The molecule has 3 aromatic rings. The first kappa shape index (κ1) is 19.2. The third kappa shape index (κ3) is 3.61. The molecule has 0 saturated heterocycles. The van der Waals surface area contributed by atoms with Gasteiger partial charge in [0.15, 0.2) is 0 Å². The Morgan fingerprint density at radius 2 is 2.26 bits per heavy atom. The number of halogens is 1. The van der Waals surface area contributed by atoms with Crippen LogP contribution in [0.2, 0.25) is 0 Å². The standard InChI is InChI=1S/C20H18ClN9O/c1-2-16-13(21)4-3-8-30(16)26-10-17-18-14(24-12-25-18)6-9-29(17)20-28-27-19(31-20)15-5-7-22-11-23-15/h2-5,7-8,10-12,17H,6,9H2,1H3,(H,24,25)/b16-2-,26-10+/t17-/m0/s1. The molecule has 31 heavy (non-hydrogen) atoms. The van der Waals surface area contributed by atoms with E-state index in [2.05, 4.69) is 35.2 Å². The van der Waals surface area contributed by atoms with Crippen molar-refractivity contribution in [3.8, 4) is 11.6 Å². The predicted molar refractivity (Wildman–Crippen MR) is 115 cm³/mol. The second-order valence-corrected chi connectivity index (χ2v) is 7.19. The van der Waals surface area contributed by atoms with Gasteiger partial charge in [0.25, 0.3) is 5.89 Å². The van der Waals surface area contributed by atoms with Crippen LogP contribution in [-0.2, 0) is 6.42 Å². The van der Waals surface area contributed by atoms with Gasteiger partial charge in [0.2, 0.25) is 0 Å². The number of fused-ring (bicyclic) bond motifs is 1. The lowest BCUT2D eigenvalue weighted by Crippen LogP contribution is -2.37. The molecule has 2 aliphatic rings. The topological polar surface area (TPSA) is 112 Å². The fourth-order valence-corrected chi connectivity index (χ4v) is 3.78. The van der Waals surface area contributed by atoms with E-state index in [1.165, 1.54) is 6.33 Å². The van der Waals surface area contributed by atoms with E-state index < -0.39 is 0 Å². The highest BCUT2D eigenvalue weighted by Crippen LogP contribution is 2.32. The minimum atomic E-state index is -0.301. The molecule has 0 saturated carbocycles. The zero-order valence-electron chi connectivity index (χ0n) is 16.6. The first-order valence-corrected chi connectivity index (χ1v) is 10.0. The van der Waals surface area contributed by atoms with Crippen molar-refractivity contribution in [1.29, 1.82) is 0 Å². The number of anilines is 1. The number of allylic oxidation sites excluding steroid dienone is 4. The predicted octanol–water partition coefficient (Wildman–Crippen LogP) is 3.20. The van der Waals surface area contributed by atoms with Crippen LogP contribution >= 0.6 is 11.6 Å². The van der Waals surface area contributed by atoms with E-state index in [9.17, 15) is 0 Å². The summed E-state index contributed by atoms with van der Waals surface area (Å²) in [6.45, 7) is 2.57. The van der Waals surface area contributed by atoms with E-state index in [4.69, 9.17) is 16.0 Å². The van der Waals surface area contributed by atoms with Gasteiger partial charge in [-0.1, -0.05) is 22.8 Å². The lowest BCUT2D eigenvalue weighted by atomic mass is 10.0. The van der Waals surface area contributed by atoms with Crippen molar-refractivity contribution < 1.29 is 4.42 Å². The average molecular weight is 436 g/mol. The first-order chi connectivity index (χ1) is 15.2. The van der Waals surface area contributed by atoms with Crippen LogP contribution in [0.5, 0.6) is 0 Å². The molecular weight excluding hydrogens is 418 g/mol. The minimum absolute atomic E-state index is 0.301. The van der Waals surface area contributed by atoms with Crippen LogP contribution < -0.4 is 4.90 Å². The molecule has 0 bridgehead atoms. The van der Waals surface area contributed by atoms with Gasteiger partial charge in [-0.15, -0.1) is 5.10 Å². The Morgan fingerprint density at radius 1 is 1.32 bits per heavy atom. The molecule has 10 nitrogen and oxygen atoms in total. The maximum Gasteiger partial charge on any atom is 0.319 e. The van der Waals surface area contributed by atoms with Crippen molar-refractivity contribution in [2.75, 3.05) is 11.4 Å². The van der Waals surface area contributed by atoms with Gasteiger partial charge in [0.05, 0.1) is 29.0 Å². The van der Waals surface area contributed by atoms with Crippen LogP contribution in [0, 0.1) is 0 Å². The summed E-state index contributed by atoms with van der Waals surface area (Å²) in [5.74, 6) is 0.327. The molecule has 0 amide bonds. The van der Waals surface area contributed by atoms with E-state index in [0.29, 0.717) is 29.2 Å². The number of nitrogens with zero attached hydrogens (tertiary/aromatic N) is 8. The van der Waals surface area contributed by atoms with Gasteiger partial charge >= 0.3 is 6.01 Å². The van der Waals surface area contributed by atoms with E-state index in [1.807, 2.05) is 36.3 Å². The lowest BCUT2D eigenvalue weighted by molar-refractivity contribution is 0.495. The van der Waals surface area contributed by atoms with Crippen LogP contribution in [0.3, 0.4) is 0 Å². The van der Waals surface area contributed by atoms with E-state index in [1.54, 1.807) is 29.8 Å². The van der Waals surface area contributed by atoms with Gasteiger partial charge in [0, 0.05) is 31.1 Å². The molecule has 5 heterocycles. The van der Waals surface area contributed by atoms with Crippen molar-refractivity contribution in [3.63, 3.8) is 0 Å². The molecule has 0 radical (unpaired) electrons. The molecule has 0 aromatic carbocycles. The smallest absolute Gasteiger partial charge is 0.319 e. The van der Waals surface area contributed by atoms with Crippen molar-refractivity contribution >= 4 is 23.8 Å². The third-order valence-corrected chi connectivity index (χ3v) is 5.32. The summed E-state index contributed by atoms with van der Waals surface area (Å²) in [4.78, 5) is 17.8. The van der Waals surface area contributed by atoms with Crippen LogP contribution in [0.15, 0.2) is 69.6 Å². The normalized spacial score (nSPS) is 19.9. The van der Waals surface area contributed by atoms with E-state index in [-0.39, 0.29) is 6.04 Å². The van der Waals surface area contributed by atoms with Crippen LogP contribution in [-0.4, -0.2) is 47.9 Å². The molecule has 3 aromatic heterocycles. The monoisotopic (exact) mass is 435 g/mol. The Labute approximate surface area is 182 Å². The van der Waals surface area contributed by atoms with Crippen molar-refractivity contribution in [2.24, 2.45) is 5.10 Å². The second kappa shape index (κ2) is 8.15. The number of imidazole rings is 1. The largest absolute Gasteiger partial charge is 0.402 e. The third-order valence-electron chi connectivity index (χ3n) is 5.00. The Morgan fingerprint density at radius 3 is 3.10 bits per heavy atom. The Hall–Kier alpha value is -3.79. The minimum Gasteiger partial charge on any atom is -0.402 e. The quantitative estimate of drug-likeness (QED) is 0.621. The van der Waals surface area contributed by atoms with Gasteiger partial charge in [0.1, 0.15) is 18.1 Å². The molecule has 11 heteroatoms. The van der Waals surface area contributed by atoms with Crippen molar-refractivity contribution in [1.82, 2.24) is 35.1 Å². The summed E-state index contributed by atoms with van der Waals surface area (Å²) in [5.41, 5.74) is 3.28. The molecule has 0 fully saturated rings. The first-order valence-electron chi connectivity index (χ1n) is 9.67. The van der Waals surface area contributed by atoms with Gasteiger partial charge < -0.3 is 14.3 Å². The summed E-state index contributed by atoms with van der Waals surface area (Å²) >= 11 is 6.30. The second-order valence-electron chi connectivity index (χ2n) is 6.78. The molecule has 2 aliphatic heterocycles. The molecule has 1 atom stereocenters. The lowest BCUT2D eigenvalue weighted by Gasteiger charge is -2.31. The zero-order valence-corrected chi connectivity index (χ0v) is 17.3. The average Bonchev–Trinajstić information content (AvgIpc) is 3.48.